The molecule has 2 rings (SSSR count). The van der Waals surface area contributed by atoms with Gasteiger partial charge in [-0.05, 0) is 25.2 Å². The lowest BCUT2D eigenvalue weighted by Gasteiger charge is -2.30. The minimum Gasteiger partial charge on any atom is -0.296 e. The number of carbonyl (C=O) groups is 2. The third-order valence-corrected chi connectivity index (χ3v) is 5.35. The van der Waals surface area contributed by atoms with Crippen LogP contribution in [-0.4, -0.2) is 11.8 Å². The fraction of sp³-hybridized carbons (Fsp3) is 0.889. The molecule has 2 aliphatic rings. The summed E-state index contributed by atoms with van der Waals surface area (Å²) in [5.41, 5.74) is 0. The van der Waals surface area contributed by atoms with Crippen LogP contribution >= 0.6 is 0 Å². The van der Waals surface area contributed by atoms with Crippen molar-refractivity contribution in [2.45, 2.75) is 84.0 Å². The molecule has 21 heavy (non-hydrogen) atoms. The number of nitrogens with one attached hydrogen (secondary N) is 1. The van der Waals surface area contributed by atoms with Crippen molar-refractivity contribution in [2.75, 3.05) is 0 Å². The van der Waals surface area contributed by atoms with E-state index in [1.165, 1.54) is 51.4 Å². The van der Waals surface area contributed by atoms with Gasteiger partial charge in [-0.3, -0.25) is 14.9 Å². The van der Waals surface area contributed by atoms with Gasteiger partial charge in [-0.25, -0.2) is 0 Å². The Morgan fingerprint density at radius 1 is 0.905 bits per heavy atom. The first-order chi connectivity index (χ1) is 10.2. The van der Waals surface area contributed by atoms with Crippen molar-refractivity contribution in [2.24, 2.45) is 17.8 Å². The van der Waals surface area contributed by atoms with Gasteiger partial charge < -0.3 is 0 Å². The standard InChI is InChI=1S/C18H31NO2/c1-2-3-4-5-6-7-8-9-11-14-12-10-13-15-16(14)18(21)19-17(15)20/h14-16H,2-13H2,1H3,(H,19,20,21). The van der Waals surface area contributed by atoms with Crippen molar-refractivity contribution in [1.82, 2.24) is 5.32 Å². The van der Waals surface area contributed by atoms with Crippen LogP contribution in [0.1, 0.15) is 84.0 Å². The fourth-order valence-corrected chi connectivity index (χ4v) is 4.14. The summed E-state index contributed by atoms with van der Waals surface area (Å²) >= 11 is 0. The molecule has 3 heteroatoms. The normalized spacial score (nSPS) is 28.5. The first-order valence-corrected chi connectivity index (χ1v) is 9.08. The van der Waals surface area contributed by atoms with Crippen LogP contribution in [0.5, 0.6) is 0 Å². The minimum absolute atomic E-state index is 0.00388. The van der Waals surface area contributed by atoms with Crippen molar-refractivity contribution < 1.29 is 9.59 Å². The number of rotatable bonds is 9. The Labute approximate surface area is 129 Å². The van der Waals surface area contributed by atoms with E-state index < -0.39 is 0 Å². The number of imide groups is 1. The molecule has 0 aromatic rings. The van der Waals surface area contributed by atoms with Crippen LogP contribution in [0.3, 0.4) is 0 Å². The number of amides is 2. The largest absolute Gasteiger partial charge is 0.296 e. The molecule has 1 saturated carbocycles. The van der Waals surface area contributed by atoms with E-state index in [0.29, 0.717) is 5.92 Å². The van der Waals surface area contributed by atoms with Crippen molar-refractivity contribution in [1.29, 1.82) is 0 Å². The lowest BCUT2D eigenvalue weighted by atomic mass is 9.71. The molecule has 0 spiro atoms. The van der Waals surface area contributed by atoms with E-state index in [9.17, 15) is 9.59 Å². The highest BCUT2D eigenvalue weighted by Crippen LogP contribution is 2.40. The minimum atomic E-state index is -0.00899. The molecule has 0 aromatic heterocycles. The van der Waals surface area contributed by atoms with E-state index in [1.807, 2.05) is 0 Å². The van der Waals surface area contributed by atoms with Gasteiger partial charge in [-0.2, -0.15) is 0 Å². The van der Waals surface area contributed by atoms with Gasteiger partial charge >= 0.3 is 0 Å². The topological polar surface area (TPSA) is 46.2 Å². The van der Waals surface area contributed by atoms with Gasteiger partial charge in [0.2, 0.25) is 11.8 Å². The predicted octanol–water partition coefficient (Wildman–Crippen LogP) is 4.21. The molecule has 2 amide bonds. The lowest BCUT2D eigenvalue weighted by Crippen LogP contribution is -2.30. The van der Waals surface area contributed by atoms with E-state index >= 15 is 0 Å². The molecule has 3 unspecified atom stereocenters. The second-order valence-electron chi connectivity index (χ2n) is 6.94. The zero-order valence-electron chi connectivity index (χ0n) is 13.5. The van der Waals surface area contributed by atoms with Crippen LogP contribution in [0.2, 0.25) is 0 Å². The molecule has 1 aliphatic heterocycles. The Kier molecular flexibility index (Phi) is 6.72. The summed E-state index contributed by atoms with van der Waals surface area (Å²) in [6.45, 7) is 2.25. The van der Waals surface area contributed by atoms with Crippen LogP contribution in [0.15, 0.2) is 0 Å². The van der Waals surface area contributed by atoms with Gasteiger partial charge in [0.15, 0.2) is 0 Å². The lowest BCUT2D eigenvalue weighted by molar-refractivity contribution is -0.126. The van der Waals surface area contributed by atoms with Crippen LogP contribution in [0.25, 0.3) is 0 Å². The maximum Gasteiger partial charge on any atom is 0.230 e. The second kappa shape index (κ2) is 8.55. The maximum atomic E-state index is 11.9. The van der Waals surface area contributed by atoms with Gasteiger partial charge in [-0.15, -0.1) is 0 Å². The molecular formula is C18H31NO2. The summed E-state index contributed by atoms with van der Waals surface area (Å²) in [7, 11) is 0. The van der Waals surface area contributed by atoms with Gasteiger partial charge in [0.1, 0.15) is 0 Å². The Bertz CT molecular complexity index is 353. The average Bonchev–Trinajstić information content (AvgIpc) is 2.78. The highest BCUT2D eigenvalue weighted by molar-refractivity contribution is 6.05. The molecule has 2 fully saturated rings. The summed E-state index contributed by atoms with van der Waals surface area (Å²) in [4.78, 5) is 23.7. The first-order valence-electron chi connectivity index (χ1n) is 9.08. The Morgan fingerprint density at radius 2 is 1.57 bits per heavy atom. The highest BCUT2D eigenvalue weighted by atomic mass is 16.2. The summed E-state index contributed by atoms with van der Waals surface area (Å²) < 4.78 is 0. The SMILES string of the molecule is CCCCCCCCCCC1CCCC2C(=O)NC(=O)C12. The number of fused-ring (bicyclic) bond motifs is 1. The maximum absolute atomic E-state index is 11.9. The second-order valence-corrected chi connectivity index (χ2v) is 6.94. The van der Waals surface area contributed by atoms with E-state index in [0.717, 1.165) is 25.7 Å². The molecule has 1 saturated heterocycles. The molecule has 1 heterocycles. The van der Waals surface area contributed by atoms with E-state index in [-0.39, 0.29) is 23.7 Å². The first kappa shape index (κ1) is 16.5. The Morgan fingerprint density at radius 3 is 2.29 bits per heavy atom. The molecule has 3 atom stereocenters. The third-order valence-electron chi connectivity index (χ3n) is 5.35. The molecule has 0 bridgehead atoms. The van der Waals surface area contributed by atoms with Crippen molar-refractivity contribution >= 4 is 11.8 Å². The number of unbranched alkanes of at least 4 members (excludes halogenated alkanes) is 7. The smallest absolute Gasteiger partial charge is 0.230 e. The monoisotopic (exact) mass is 293 g/mol. The fourth-order valence-electron chi connectivity index (χ4n) is 4.14. The average molecular weight is 293 g/mol. The van der Waals surface area contributed by atoms with E-state index in [2.05, 4.69) is 12.2 Å². The molecule has 1 N–H and O–H groups in total. The van der Waals surface area contributed by atoms with Crippen LogP contribution < -0.4 is 5.32 Å². The third kappa shape index (κ3) is 4.55. The zero-order chi connectivity index (χ0) is 15.1. The molecule has 3 nitrogen and oxygen atoms in total. The Balaban J connectivity index is 1.62. The predicted molar refractivity (Wildman–Crippen MR) is 84.7 cm³/mol. The number of hydrogen-bond acceptors (Lipinski definition) is 2. The van der Waals surface area contributed by atoms with Crippen molar-refractivity contribution in [3.8, 4) is 0 Å². The zero-order valence-corrected chi connectivity index (χ0v) is 13.5. The van der Waals surface area contributed by atoms with Crippen LogP contribution in [0.4, 0.5) is 0 Å². The summed E-state index contributed by atoms with van der Waals surface area (Å²) in [5, 5.41) is 2.54. The van der Waals surface area contributed by atoms with Gasteiger partial charge in [-0.1, -0.05) is 64.7 Å². The van der Waals surface area contributed by atoms with Crippen molar-refractivity contribution in [3.63, 3.8) is 0 Å². The van der Waals surface area contributed by atoms with Gasteiger partial charge in [0, 0.05) is 0 Å². The number of carbonyl (C=O) groups excluding carboxylic acids is 2. The van der Waals surface area contributed by atoms with Gasteiger partial charge in [0.05, 0.1) is 11.8 Å². The molecule has 1 aliphatic carbocycles. The highest BCUT2D eigenvalue weighted by Gasteiger charge is 2.47. The number of hydrogen-bond donors (Lipinski definition) is 1. The summed E-state index contributed by atoms with van der Waals surface area (Å²) in [6.07, 6.45) is 14.9. The molecule has 0 aromatic carbocycles. The van der Waals surface area contributed by atoms with Crippen LogP contribution in [0, 0.1) is 17.8 Å². The molecule has 120 valence electrons. The Hall–Kier alpha value is -0.860. The summed E-state index contributed by atoms with van der Waals surface area (Å²) in [5.74, 6) is 0.441. The summed E-state index contributed by atoms with van der Waals surface area (Å²) in [6, 6.07) is 0. The van der Waals surface area contributed by atoms with Gasteiger partial charge in [0.25, 0.3) is 0 Å². The van der Waals surface area contributed by atoms with Crippen LogP contribution in [-0.2, 0) is 9.59 Å². The van der Waals surface area contributed by atoms with E-state index in [4.69, 9.17) is 0 Å². The molecule has 0 radical (unpaired) electrons. The molecular weight excluding hydrogens is 262 g/mol. The van der Waals surface area contributed by atoms with E-state index in [1.54, 1.807) is 0 Å². The quantitative estimate of drug-likeness (QED) is 0.511. The van der Waals surface area contributed by atoms with Crippen molar-refractivity contribution in [3.05, 3.63) is 0 Å².